The molecule has 0 aliphatic carbocycles. The molecule has 0 radical (unpaired) electrons. The van der Waals surface area contributed by atoms with Crippen molar-refractivity contribution in [2.45, 2.75) is 37.7 Å². The Bertz CT molecular complexity index is 1610. The first-order valence-corrected chi connectivity index (χ1v) is 13.6. The van der Waals surface area contributed by atoms with Gasteiger partial charge in [-0.2, -0.15) is 0 Å². The molecule has 2 aromatic heterocycles. The lowest BCUT2D eigenvalue weighted by molar-refractivity contribution is 0.0526. The van der Waals surface area contributed by atoms with E-state index in [0.717, 1.165) is 34.1 Å². The van der Waals surface area contributed by atoms with Gasteiger partial charge in [-0.1, -0.05) is 30.0 Å². The molecule has 0 saturated carbocycles. The lowest BCUT2D eigenvalue weighted by Crippen LogP contribution is -2.05. The molecule has 0 unspecified atom stereocenters. The van der Waals surface area contributed by atoms with E-state index < -0.39 is 0 Å². The van der Waals surface area contributed by atoms with E-state index in [0.29, 0.717) is 41.7 Å². The van der Waals surface area contributed by atoms with Gasteiger partial charge >= 0.3 is 5.97 Å². The molecule has 0 spiro atoms. The van der Waals surface area contributed by atoms with Crippen LogP contribution in [0.25, 0.3) is 22.5 Å². The highest BCUT2D eigenvalue weighted by Gasteiger charge is 2.18. The molecule has 0 N–H and O–H groups in total. The zero-order valence-electron chi connectivity index (χ0n) is 21.9. The number of carbonyl (C=O) groups is 1. The van der Waals surface area contributed by atoms with E-state index in [1.807, 2.05) is 25.1 Å². The fourth-order valence-corrected chi connectivity index (χ4v) is 5.29. The molecule has 5 aromatic rings. The van der Waals surface area contributed by atoms with Crippen LogP contribution in [0.2, 0.25) is 0 Å². The number of aromatic nitrogens is 3. The molecule has 0 fully saturated rings. The maximum absolute atomic E-state index is 13.7. The first kappa shape index (κ1) is 26.5. The number of imidazole rings is 1. The Balaban J connectivity index is 1.42. The number of halogens is 1. The number of thioether (sulfide) groups is 1. The van der Waals surface area contributed by atoms with Crippen LogP contribution >= 0.6 is 11.8 Å². The third-order valence-corrected chi connectivity index (χ3v) is 7.30. The van der Waals surface area contributed by atoms with Crippen LogP contribution in [-0.4, -0.2) is 34.2 Å². The number of nitrogens with zero attached hydrogens (tertiary/aromatic N) is 3. The third-order valence-electron chi connectivity index (χ3n) is 6.31. The van der Waals surface area contributed by atoms with Gasteiger partial charge in [0, 0.05) is 17.9 Å². The lowest BCUT2D eigenvalue weighted by Gasteiger charge is -2.10. The van der Waals surface area contributed by atoms with Crippen molar-refractivity contribution >= 4 is 28.8 Å². The van der Waals surface area contributed by atoms with Gasteiger partial charge in [0.25, 0.3) is 0 Å². The highest BCUT2D eigenvalue weighted by atomic mass is 32.2. The minimum absolute atomic E-state index is 0.308. The second-order valence-electron chi connectivity index (χ2n) is 8.89. The maximum Gasteiger partial charge on any atom is 0.338 e. The fourth-order valence-electron chi connectivity index (χ4n) is 4.25. The maximum atomic E-state index is 13.7. The number of ether oxygens (including phenoxy) is 2. The Kier molecular flexibility index (Phi) is 7.97. The third kappa shape index (κ3) is 5.98. The van der Waals surface area contributed by atoms with Crippen LogP contribution in [0.3, 0.4) is 0 Å². The molecule has 39 heavy (non-hydrogen) atoms. The highest BCUT2D eigenvalue weighted by Crippen LogP contribution is 2.31. The van der Waals surface area contributed by atoms with Gasteiger partial charge in [-0.25, -0.2) is 19.2 Å². The van der Waals surface area contributed by atoms with E-state index in [1.54, 1.807) is 38.3 Å². The Morgan fingerprint density at radius 1 is 1.08 bits per heavy atom. The number of esters is 1. The zero-order chi connectivity index (χ0) is 27.4. The molecule has 0 amide bonds. The summed E-state index contributed by atoms with van der Waals surface area (Å²) in [5.41, 5.74) is 4.64. The number of hydrogen-bond donors (Lipinski definition) is 0. The molecule has 2 heterocycles. The second-order valence-corrected chi connectivity index (χ2v) is 9.83. The van der Waals surface area contributed by atoms with E-state index in [-0.39, 0.29) is 11.8 Å². The fraction of sp³-hybridized carbons (Fsp3) is 0.233. The number of aryl methyl sites for hydroxylation is 3. The SMILES string of the molecule is CCOC(=O)c1ccc2c(c1)nc(SCc1nc(-c3cccc(F)c3)oc1C)n2CCc1ccc(OC)cc1. The predicted molar refractivity (Wildman–Crippen MR) is 149 cm³/mol. The number of hydrogen-bond acceptors (Lipinski definition) is 7. The summed E-state index contributed by atoms with van der Waals surface area (Å²) < 4.78 is 32.2. The van der Waals surface area contributed by atoms with Crippen LogP contribution in [0.1, 0.15) is 34.3 Å². The van der Waals surface area contributed by atoms with E-state index in [2.05, 4.69) is 21.7 Å². The number of oxazole rings is 1. The van der Waals surface area contributed by atoms with Crippen LogP contribution in [0.15, 0.2) is 76.3 Å². The number of fused-ring (bicyclic) bond motifs is 1. The summed E-state index contributed by atoms with van der Waals surface area (Å²) in [5, 5.41) is 0.800. The topological polar surface area (TPSA) is 79.4 Å². The molecular formula is C30H28FN3O4S. The van der Waals surface area contributed by atoms with Gasteiger partial charge in [0.05, 0.1) is 36.0 Å². The Hall–Kier alpha value is -4.11. The van der Waals surface area contributed by atoms with Crippen molar-refractivity contribution in [2.24, 2.45) is 0 Å². The Labute approximate surface area is 230 Å². The van der Waals surface area contributed by atoms with Crippen LogP contribution < -0.4 is 4.74 Å². The average molecular weight is 546 g/mol. The quantitative estimate of drug-likeness (QED) is 0.140. The second kappa shape index (κ2) is 11.7. The van der Waals surface area contributed by atoms with Crippen LogP contribution in [-0.2, 0) is 23.5 Å². The normalized spacial score (nSPS) is 11.2. The molecule has 0 aliphatic rings. The van der Waals surface area contributed by atoms with E-state index in [1.165, 1.54) is 29.5 Å². The molecule has 5 rings (SSSR count). The van der Waals surface area contributed by atoms with E-state index >= 15 is 0 Å². The van der Waals surface area contributed by atoms with Gasteiger partial charge < -0.3 is 18.5 Å². The Morgan fingerprint density at radius 3 is 2.64 bits per heavy atom. The van der Waals surface area contributed by atoms with Crippen LogP contribution in [0, 0.1) is 12.7 Å². The van der Waals surface area contributed by atoms with Crippen molar-refractivity contribution in [3.05, 3.63) is 95.1 Å². The van der Waals surface area contributed by atoms with Gasteiger partial charge in [0.15, 0.2) is 5.16 Å². The summed E-state index contributed by atoms with van der Waals surface area (Å²) in [5.74, 6) is 1.68. The molecule has 0 aliphatic heterocycles. The first-order valence-electron chi connectivity index (χ1n) is 12.6. The summed E-state index contributed by atoms with van der Waals surface area (Å²) in [4.78, 5) is 21.8. The highest BCUT2D eigenvalue weighted by molar-refractivity contribution is 7.98. The van der Waals surface area contributed by atoms with Crippen molar-refractivity contribution in [1.82, 2.24) is 14.5 Å². The molecule has 0 saturated heterocycles. The molecule has 200 valence electrons. The summed E-state index contributed by atoms with van der Waals surface area (Å²) in [6.45, 7) is 4.63. The minimum Gasteiger partial charge on any atom is -0.497 e. The van der Waals surface area contributed by atoms with Crippen molar-refractivity contribution in [1.29, 1.82) is 0 Å². The number of rotatable bonds is 10. The van der Waals surface area contributed by atoms with E-state index in [9.17, 15) is 9.18 Å². The monoisotopic (exact) mass is 545 g/mol. The minimum atomic E-state index is -0.371. The molecule has 0 bridgehead atoms. The molecule has 9 heteroatoms. The Morgan fingerprint density at radius 2 is 1.90 bits per heavy atom. The number of benzene rings is 3. The van der Waals surface area contributed by atoms with Gasteiger partial charge in [-0.05, 0) is 74.4 Å². The van der Waals surface area contributed by atoms with E-state index in [4.69, 9.17) is 18.9 Å². The van der Waals surface area contributed by atoms with Gasteiger partial charge in [0.2, 0.25) is 5.89 Å². The number of carbonyl (C=O) groups excluding carboxylic acids is 1. The first-order chi connectivity index (χ1) is 18.9. The van der Waals surface area contributed by atoms with Crippen LogP contribution in [0.4, 0.5) is 4.39 Å². The predicted octanol–water partition coefficient (Wildman–Crippen LogP) is 6.86. The number of methoxy groups -OCH3 is 1. The van der Waals surface area contributed by atoms with Crippen molar-refractivity contribution in [3.8, 4) is 17.2 Å². The van der Waals surface area contributed by atoms with Gasteiger partial charge in [-0.3, -0.25) is 0 Å². The largest absolute Gasteiger partial charge is 0.497 e. The van der Waals surface area contributed by atoms with Crippen molar-refractivity contribution < 1.29 is 23.1 Å². The zero-order valence-corrected chi connectivity index (χ0v) is 22.8. The molecular weight excluding hydrogens is 517 g/mol. The van der Waals surface area contributed by atoms with Gasteiger partial charge in [0.1, 0.15) is 17.3 Å². The van der Waals surface area contributed by atoms with Crippen molar-refractivity contribution in [3.63, 3.8) is 0 Å². The summed E-state index contributed by atoms with van der Waals surface area (Å²) >= 11 is 1.54. The summed E-state index contributed by atoms with van der Waals surface area (Å²) in [6.07, 6.45) is 0.787. The van der Waals surface area contributed by atoms with Crippen molar-refractivity contribution in [2.75, 3.05) is 13.7 Å². The molecule has 0 atom stereocenters. The standard InChI is InChI=1S/C30H28FN3O4S/c1-4-37-29(35)22-10-13-27-25(17-22)33-30(34(27)15-14-20-8-11-24(36-3)12-9-20)39-18-26-19(2)38-28(32-26)21-6-5-7-23(31)16-21/h5-13,16-17H,4,14-15,18H2,1-3H3. The smallest absolute Gasteiger partial charge is 0.338 e. The van der Waals surface area contributed by atoms with Crippen LogP contribution in [0.5, 0.6) is 5.75 Å². The summed E-state index contributed by atoms with van der Waals surface area (Å²) in [6, 6.07) is 19.7. The lowest BCUT2D eigenvalue weighted by atomic mass is 10.1. The summed E-state index contributed by atoms with van der Waals surface area (Å²) in [7, 11) is 1.65. The van der Waals surface area contributed by atoms with Gasteiger partial charge in [-0.15, -0.1) is 0 Å². The molecule has 7 nitrogen and oxygen atoms in total. The average Bonchev–Trinajstić information content (AvgIpc) is 3.50. The molecule has 3 aromatic carbocycles.